The summed E-state index contributed by atoms with van der Waals surface area (Å²) in [5.41, 5.74) is 0.898. The zero-order chi connectivity index (χ0) is 21.8. The number of hydrogen-bond acceptors (Lipinski definition) is 5. The van der Waals surface area contributed by atoms with Gasteiger partial charge in [-0.25, -0.2) is 19.0 Å². The third-order valence-electron chi connectivity index (χ3n) is 5.72. The van der Waals surface area contributed by atoms with Gasteiger partial charge in [0.05, 0.1) is 54.6 Å². The molecule has 2 aliphatic rings. The molecule has 0 bridgehead atoms. The monoisotopic (exact) mass is 436 g/mol. The van der Waals surface area contributed by atoms with Gasteiger partial charge >= 0.3 is 12.1 Å². The van der Waals surface area contributed by atoms with Crippen LogP contribution in [0.3, 0.4) is 0 Å². The number of carbonyl (C=O) groups is 2. The maximum Gasteiger partial charge on any atom is 0.415 e. The largest absolute Gasteiger partial charge is 0.441 e. The van der Waals surface area contributed by atoms with Gasteiger partial charge in [0.2, 0.25) is 0 Å². The van der Waals surface area contributed by atoms with E-state index in [0.717, 1.165) is 11.8 Å². The number of hydrogen-bond donors (Lipinski definition) is 1. The number of rotatable bonds is 2. The van der Waals surface area contributed by atoms with Gasteiger partial charge in [0.25, 0.3) is 0 Å². The van der Waals surface area contributed by atoms with Crippen molar-refractivity contribution in [3.8, 4) is 0 Å². The molecule has 9 nitrogen and oxygen atoms in total. The Morgan fingerprint density at radius 3 is 2.73 bits per heavy atom. The Balaban J connectivity index is 1.58. The highest BCUT2D eigenvalue weighted by atomic mass is 35.5. The van der Waals surface area contributed by atoms with Crippen LogP contribution in [0.1, 0.15) is 33.4 Å². The standard InChI is InChI=1S/C19H22ClFN6O3/c1-10-8-26-15(14(7-23-26)27-11(2)19(3,4)30-18(27)29)9-25(10)17(28)24-12-5-13(21)16(20)22-6-12/h5-7,10-11H,8-9H2,1-4H3,(H,24,28)/t10-,11-/m0/s1. The Kier molecular flexibility index (Phi) is 4.84. The van der Waals surface area contributed by atoms with E-state index in [-0.39, 0.29) is 29.5 Å². The van der Waals surface area contributed by atoms with E-state index in [9.17, 15) is 14.0 Å². The summed E-state index contributed by atoms with van der Waals surface area (Å²) in [6.07, 6.45) is 2.47. The first-order valence-electron chi connectivity index (χ1n) is 9.54. The molecule has 1 N–H and O–H groups in total. The van der Waals surface area contributed by atoms with Crippen molar-refractivity contribution in [1.29, 1.82) is 0 Å². The van der Waals surface area contributed by atoms with Crippen LogP contribution in [0.25, 0.3) is 0 Å². The lowest BCUT2D eigenvalue weighted by molar-refractivity contribution is 0.0718. The minimum atomic E-state index is -0.717. The number of aromatic nitrogens is 3. The van der Waals surface area contributed by atoms with Crippen LogP contribution in [-0.2, 0) is 17.8 Å². The average Bonchev–Trinajstić information content (AvgIpc) is 3.14. The zero-order valence-electron chi connectivity index (χ0n) is 17.0. The molecule has 2 aliphatic heterocycles. The summed E-state index contributed by atoms with van der Waals surface area (Å²) >= 11 is 5.59. The van der Waals surface area contributed by atoms with Crippen LogP contribution in [0.5, 0.6) is 0 Å². The van der Waals surface area contributed by atoms with Crippen LogP contribution in [-0.4, -0.2) is 49.5 Å². The van der Waals surface area contributed by atoms with Crippen molar-refractivity contribution in [1.82, 2.24) is 19.7 Å². The molecule has 2 aromatic heterocycles. The van der Waals surface area contributed by atoms with Gasteiger partial charge in [-0.1, -0.05) is 11.6 Å². The van der Waals surface area contributed by atoms with Gasteiger partial charge in [0, 0.05) is 6.07 Å². The van der Waals surface area contributed by atoms with Gasteiger partial charge in [0.1, 0.15) is 5.60 Å². The number of halogens is 2. The second-order valence-corrected chi connectivity index (χ2v) is 8.44. The summed E-state index contributed by atoms with van der Waals surface area (Å²) in [6, 6.07) is 0.321. The number of urea groups is 1. The molecule has 0 spiro atoms. The van der Waals surface area contributed by atoms with Crippen LogP contribution in [0.4, 0.5) is 25.4 Å². The number of carbonyl (C=O) groups excluding carboxylic acids is 2. The number of ether oxygens (including phenoxy) is 1. The smallest absolute Gasteiger partial charge is 0.415 e. The third-order valence-corrected chi connectivity index (χ3v) is 6.00. The van der Waals surface area contributed by atoms with Crippen molar-refractivity contribution in [3.05, 3.63) is 35.1 Å². The van der Waals surface area contributed by atoms with E-state index < -0.39 is 23.5 Å². The summed E-state index contributed by atoms with van der Waals surface area (Å²) in [7, 11) is 0. The molecule has 160 valence electrons. The van der Waals surface area contributed by atoms with Crippen molar-refractivity contribution in [2.45, 2.75) is 58.5 Å². The molecule has 1 fully saturated rings. The maximum absolute atomic E-state index is 13.6. The lowest BCUT2D eigenvalue weighted by atomic mass is 10.0. The summed E-state index contributed by atoms with van der Waals surface area (Å²) in [5, 5.41) is 6.78. The number of nitrogens with one attached hydrogen (secondary N) is 1. The Morgan fingerprint density at radius 2 is 2.10 bits per heavy atom. The predicted octanol–water partition coefficient (Wildman–Crippen LogP) is 3.63. The van der Waals surface area contributed by atoms with Crippen molar-refractivity contribution >= 4 is 35.1 Å². The Bertz CT molecular complexity index is 1030. The van der Waals surface area contributed by atoms with Crippen LogP contribution in [0, 0.1) is 5.82 Å². The van der Waals surface area contributed by atoms with Crippen molar-refractivity contribution in [2.24, 2.45) is 0 Å². The van der Waals surface area contributed by atoms with Crippen LogP contribution in [0.2, 0.25) is 5.15 Å². The molecule has 0 radical (unpaired) electrons. The third kappa shape index (κ3) is 3.34. The van der Waals surface area contributed by atoms with Gasteiger partial charge in [-0.3, -0.25) is 9.58 Å². The summed E-state index contributed by atoms with van der Waals surface area (Å²) in [5.74, 6) is -0.717. The predicted molar refractivity (Wildman–Crippen MR) is 108 cm³/mol. The van der Waals surface area contributed by atoms with E-state index in [2.05, 4.69) is 15.4 Å². The van der Waals surface area contributed by atoms with E-state index in [1.807, 2.05) is 27.7 Å². The maximum atomic E-state index is 13.6. The van der Waals surface area contributed by atoms with E-state index in [1.165, 1.54) is 6.20 Å². The Hall–Kier alpha value is -2.88. The molecule has 30 heavy (non-hydrogen) atoms. The molecule has 11 heteroatoms. The molecule has 4 rings (SSSR count). The molecule has 0 unspecified atom stereocenters. The van der Waals surface area contributed by atoms with Gasteiger partial charge in [-0.15, -0.1) is 0 Å². The second-order valence-electron chi connectivity index (χ2n) is 8.08. The summed E-state index contributed by atoms with van der Waals surface area (Å²) < 4.78 is 20.9. The van der Waals surface area contributed by atoms with Gasteiger partial charge < -0.3 is 15.0 Å². The SMILES string of the molecule is C[C@@H]1N(c2cnn3c2CN(C(=O)Nc2cnc(Cl)c(F)c2)[C@@H](C)C3)C(=O)OC1(C)C. The lowest BCUT2D eigenvalue weighted by Gasteiger charge is -2.35. The van der Waals surface area contributed by atoms with Gasteiger partial charge in [-0.05, 0) is 27.7 Å². The number of fused-ring (bicyclic) bond motifs is 1. The molecule has 4 heterocycles. The Labute approximate surface area is 177 Å². The molecule has 0 aliphatic carbocycles. The Morgan fingerprint density at radius 1 is 1.37 bits per heavy atom. The first-order chi connectivity index (χ1) is 14.1. The van der Waals surface area contributed by atoms with Crippen LogP contribution in [0.15, 0.2) is 18.5 Å². The van der Waals surface area contributed by atoms with Crippen LogP contribution < -0.4 is 10.2 Å². The second kappa shape index (κ2) is 7.12. The van der Waals surface area contributed by atoms with Gasteiger partial charge in [-0.2, -0.15) is 5.10 Å². The van der Waals surface area contributed by atoms with Gasteiger partial charge in [0.15, 0.2) is 11.0 Å². The molecule has 2 atom stereocenters. The normalized spacial score (nSPS) is 22.7. The molecule has 1 saturated heterocycles. The van der Waals surface area contributed by atoms with E-state index >= 15 is 0 Å². The highest BCUT2D eigenvalue weighted by molar-refractivity contribution is 6.29. The lowest BCUT2D eigenvalue weighted by Crippen LogP contribution is -2.47. The number of nitrogens with zero attached hydrogens (tertiary/aromatic N) is 5. The van der Waals surface area contributed by atoms with Crippen molar-refractivity contribution in [2.75, 3.05) is 10.2 Å². The summed E-state index contributed by atoms with van der Waals surface area (Å²) in [6.45, 7) is 8.19. The molecular weight excluding hydrogens is 415 g/mol. The number of anilines is 2. The fraction of sp³-hybridized carbons (Fsp3) is 0.474. The average molecular weight is 437 g/mol. The molecule has 2 aromatic rings. The zero-order valence-corrected chi connectivity index (χ0v) is 17.8. The topological polar surface area (TPSA) is 92.6 Å². The van der Waals surface area contributed by atoms with E-state index in [4.69, 9.17) is 16.3 Å². The number of cyclic esters (lactones) is 1. The molecule has 0 saturated carbocycles. The number of pyridine rings is 1. The van der Waals surface area contributed by atoms with Crippen molar-refractivity contribution < 1.29 is 18.7 Å². The molecule has 3 amide bonds. The minimum absolute atomic E-state index is 0.172. The number of amides is 3. The van der Waals surface area contributed by atoms with Crippen LogP contribution >= 0.6 is 11.6 Å². The first kappa shape index (κ1) is 20.4. The molecule has 0 aromatic carbocycles. The van der Waals surface area contributed by atoms with E-state index in [0.29, 0.717) is 12.2 Å². The fourth-order valence-corrected chi connectivity index (χ4v) is 3.78. The first-order valence-corrected chi connectivity index (χ1v) is 9.92. The quantitative estimate of drug-likeness (QED) is 0.725. The van der Waals surface area contributed by atoms with Crippen molar-refractivity contribution in [3.63, 3.8) is 0 Å². The highest BCUT2D eigenvalue weighted by Gasteiger charge is 2.47. The highest BCUT2D eigenvalue weighted by Crippen LogP contribution is 2.37. The van der Waals surface area contributed by atoms with E-state index in [1.54, 1.807) is 20.7 Å². The molecular formula is C19H22ClFN6O3. The fourth-order valence-electron chi connectivity index (χ4n) is 3.68. The summed E-state index contributed by atoms with van der Waals surface area (Å²) in [4.78, 5) is 32.2. The minimum Gasteiger partial charge on any atom is -0.441 e.